The fraction of sp³-hybridized carbons (Fsp3) is 0.269. The Kier molecular flexibility index (Phi) is 6.90. The maximum Gasteiger partial charge on any atom is 0.573 e. The minimum atomic E-state index is -4.86. The molecule has 0 saturated heterocycles. The van der Waals surface area contributed by atoms with Crippen LogP contribution < -0.4 is 10.1 Å². The van der Waals surface area contributed by atoms with Crippen molar-refractivity contribution in [1.82, 2.24) is 4.98 Å². The van der Waals surface area contributed by atoms with Gasteiger partial charge in [-0.25, -0.2) is 4.79 Å². The summed E-state index contributed by atoms with van der Waals surface area (Å²) < 4.78 is 74.1. The molecule has 0 radical (unpaired) electrons. The summed E-state index contributed by atoms with van der Waals surface area (Å²) in [6.45, 7) is 0.721. The number of esters is 1. The topological polar surface area (TPSA) is 77.5 Å². The summed E-state index contributed by atoms with van der Waals surface area (Å²) in [5, 5.41) is 2.67. The quantitative estimate of drug-likeness (QED) is 0.293. The first-order chi connectivity index (χ1) is 17.4. The van der Waals surface area contributed by atoms with Gasteiger partial charge >= 0.3 is 12.3 Å². The van der Waals surface area contributed by atoms with Crippen LogP contribution in [0.15, 0.2) is 60.8 Å². The molecule has 1 heterocycles. The van der Waals surface area contributed by atoms with Gasteiger partial charge in [0.2, 0.25) is 5.91 Å². The normalized spacial score (nSPS) is 17.2. The van der Waals surface area contributed by atoms with E-state index in [2.05, 4.69) is 15.0 Å². The maximum atomic E-state index is 13.5. The van der Waals surface area contributed by atoms with Crippen molar-refractivity contribution >= 4 is 17.6 Å². The molecule has 1 N–H and O–H groups in total. The number of ether oxygens (including phenoxy) is 2. The molecule has 1 aromatic heterocycles. The molecule has 1 aliphatic rings. The lowest BCUT2D eigenvalue weighted by Gasteiger charge is -2.14. The molecule has 2 unspecified atom stereocenters. The number of aromatic nitrogens is 1. The average Bonchev–Trinajstić information content (AvgIpc) is 3.63. The van der Waals surface area contributed by atoms with Gasteiger partial charge in [0.05, 0.1) is 12.7 Å². The number of carbonyl (C=O) groups is 2. The van der Waals surface area contributed by atoms with E-state index < -0.39 is 41.7 Å². The molecule has 1 saturated carbocycles. The number of pyridine rings is 1. The average molecular weight is 520 g/mol. The van der Waals surface area contributed by atoms with Crippen LogP contribution in [0, 0.1) is 5.92 Å². The molecular weight excluding hydrogens is 499 g/mol. The van der Waals surface area contributed by atoms with Gasteiger partial charge in [0.1, 0.15) is 11.4 Å². The fourth-order valence-electron chi connectivity index (χ4n) is 4.03. The van der Waals surface area contributed by atoms with Gasteiger partial charge in [-0.2, -0.15) is 8.78 Å². The first kappa shape index (κ1) is 26.1. The van der Waals surface area contributed by atoms with Crippen LogP contribution >= 0.6 is 0 Å². The highest BCUT2D eigenvalue weighted by Gasteiger charge is 2.46. The molecule has 0 aliphatic heterocycles. The molecule has 37 heavy (non-hydrogen) atoms. The zero-order chi connectivity index (χ0) is 27.0. The van der Waals surface area contributed by atoms with E-state index in [9.17, 15) is 31.5 Å². The summed E-state index contributed by atoms with van der Waals surface area (Å²) in [6, 6.07) is 12.6. The largest absolute Gasteiger partial charge is 0.573 e. The summed E-state index contributed by atoms with van der Waals surface area (Å²) in [6.07, 6.45) is -3.32. The highest BCUT2D eigenvalue weighted by Crippen LogP contribution is 2.51. The Morgan fingerprint density at radius 2 is 1.76 bits per heavy atom. The number of anilines is 1. The molecule has 11 heteroatoms. The minimum absolute atomic E-state index is 0.0642. The standard InChI is InChI=1S/C26H21F5N2O4/c1-25(27,28)22-10-7-14(13-32-22)16-9-8-15(11-20(16)24(35)36-2)33-23(34)19-12-18(19)17-5-3-4-6-21(17)37-26(29,30)31/h3-11,13,18-19H,12H2,1-2H3,(H,33,34). The zero-order valence-electron chi connectivity index (χ0n) is 19.6. The third kappa shape index (κ3) is 6.04. The highest BCUT2D eigenvalue weighted by atomic mass is 19.4. The Labute approximate surface area is 208 Å². The molecule has 1 fully saturated rings. The Hall–Kier alpha value is -4.02. The summed E-state index contributed by atoms with van der Waals surface area (Å²) in [7, 11) is 1.17. The van der Waals surface area contributed by atoms with Crippen LogP contribution in [0.3, 0.4) is 0 Å². The van der Waals surface area contributed by atoms with Crippen LogP contribution in [0.4, 0.5) is 27.6 Å². The Morgan fingerprint density at radius 3 is 2.38 bits per heavy atom. The predicted molar refractivity (Wildman–Crippen MR) is 123 cm³/mol. The van der Waals surface area contributed by atoms with Gasteiger partial charge in [-0.3, -0.25) is 9.78 Å². The SMILES string of the molecule is COC(=O)c1cc(NC(=O)C2CC2c2ccccc2OC(F)(F)F)ccc1-c1ccc(C(C)(F)F)nc1. The van der Waals surface area contributed by atoms with Crippen LogP contribution in [0.2, 0.25) is 0 Å². The van der Waals surface area contributed by atoms with E-state index in [1.807, 2.05) is 0 Å². The zero-order valence-corrected chi connectivity index (χ0v) is 19.6. The second-order valence-electron chi connectivity index (χ2n) is 8.60. The number of hydrogen-bond donors (Lipinski definition) is 1. The number of hydrogen-bond acceptors (Lipinski definition) is 5. The van der Waals surface area contributed by atoms with Gasteiger partial charge in [-0.1, -0.05) is 30.3 Å². The summed E-state index contributed by atoms with van der Waals surface area (Å²) in [5.41, 5.74) is 0.902. The van der Waals surface area contributed by atoms with Gasteiger partial charge < -0.3 is 14.8 Å². The number of para-hydroxylation sites is 1. The number of methoxy groups -OCH3 is 1. The van der Waals surface area contributed by atoms with Crippen molar-refractivity contribution in [2.24, 2.45) is 5.92 Å². The summed E-state index contributed by atoms with van der Waals surface area (Å²) in [4.78, 5) is 29.0. The van der Waals surface area contributed by atoms with E-state index in [0.29, 0.717) is 17.5 Å². The molecule has 194 valence electrons. The van der Waals surface area contributed by atoms with Gasteiger partial charge in [0.15, 0.2) is 0 Å². The number of alkyl halides is 5. The van der Waals surface area contributed by atoms with Crippen molar-refractivity contribution < 1.29 is 41.0 Å². The highest BCUT2D eigenvalue weighted by molar-refractivity contribution is 6.01. The summed E-state index contributed by atoms with van der Waals surface area (Å²) >= 11 is 0. The lowest BCUT2D eigenvalue weighted by molar-refractivity contribution is -0.274. The lowest BCUT2D eigenvalue weighted by atomic mass is 9.99. The van der Waals surface area contributed by atoms with Crippen LogP contribution in [0.1, 0.15) is 40.9 Å². The molecular formula is C26H21F5N2O4. The van der Waals surface area contributed by atoms with Crippen molar-refractivity contribution in [3.05, 3.63) is 77.6 Å². The smallest absolute Gasteiger partial charge is 0.465 e. The van der Waals surface area contributed by atoms with E-state index in [-0.39, 0.29) is 22.6 Å². The van der Waals surface area contributed by atoms with Crippen molar-refractivity contribution in [2.45, 2.75) is 31.5 Å². The van der Waals surface area contributed by atoms with Crippen molar-refractivity contribution in [3.8, 4) is 16.9 Å². The van der Waals surface area contributed by atoms with E-state index in [4.69, 9.17) is 4.74 Å². The van der Waals surface area contributed by atoms with Crippen molar-refractivity contribution in [3.63, 3.8) is 0 Å². The number of nitrogens with zero attached hydrogens (tertiary/aromatic N) is 1. The number of rotatable bonds is 7. The molecule has 6 nitrogen and oxygen atoms in total. The maximum absolute atomic E-state index is 13.5. The first-order valence-corrected chi connectivity index (χ1v) is 11.1. The molecule has 0 bridgehead atoms. The minimum Gasteiger partial charge on any atom is -0.465 e. The Morgan fingerprint density at radius 1 is 1.03 bits per heavy atom. The number of benzene rings is 2. The first-order valence-electron chi connectivity index (χ1n) is 11.1. The van der Waals surface area contributed by atoms with E-state index in [0.717, 1.165) is 13.0 Å². The molecule has 4 rings (SSSR count). The van der Waals surface area contributed by atoms with Gasteiger partial charge in [-0.15, -0.1) is 13.2 Å². The second kappa shape index (κ2) is 9.79. The number of amides is 1. The van der Waals surface area contributed by atoms with Crippen LogP contribution in [-0.4, -0.2) is 30.3 Å². The number of halogens is 5. The predicted octanol–water partition coefficient (Wildman–Crippen LogP) is 6.29. The fourth-order valence-corrected chi connectivity index (χ4v) is 4.03. The number of nitrogens with one attached hydrogen (secondary N) is 1. The third-order valence-corrected chi connectivity index (χ3v) is 5.89. The molecule has 2 aromatic carbocycles. The van der Waals surface area contributed by atoms with Crippen molar-refractivity contribution in [2.75, 3.05) is 12.4 Å². The van der Waals surface area contributed by atoms with Crippen LogP contribution in [0.5, 0.6) is 5.75 Å². The lowest BCUT2D eigenvalue weighted by Crippen LogP contribution is -2.18. The third-order valence-electron chi connectivity index (χ3n) is 5.89. The second-order valence-corrected chi connectivity index (χ2v) is 8.60. The van der Waals surface area contributed by atoms with Gasteiger partial charge in [0.25, 0.3) is 5.92 Å². The van der Waals surface area contributed by atoms with Gasteiger partial charge in [0, 0.05) is 30.3 Å². The van der Waals surface area contributed by atoms with Crippen molar-refractivity contribution in [1.29, 1.82) is 0 Å². The Balaban J connectivity index is 1.53. The van der Waals surface area contributed by atoms with E-state index in [1.165, 1.54) is 55.8 Å². The molecule has 0 spiro atoms. The van der Waals surface area contributed by atoms with Crippen LogP contribution in [-0.2, 0) is 15.5 Å². The number of carbonyl (C=O) groups excluding carboxylic acids is 2. The Bertz CT molecular complexity index is 1320. The molecule has 1 aliphatic carbocycles. The van der Waals surface area contributed by atoms with E-state index >= 15 is 0 Å². The molecule has 2 atom stereocenters. The summed E-state index contributed by atoms with van der Waals surface area (Å²) in [5.74, 6) is -5.69. The monoisotopic (exact) mass is 520 g/mol. The molecule has 1 amide bonds. The molecule has 3 aromatic rings. The van der Waals surface area contributed by atoms with Crippen LogP contribution in [0.25, 0.3) is 11.1 Å². The van der Waals surface area contributed by atoms with Gasteiger partial charge in [-0.05, 0) is 47.7 Å². The van der Waals surface area contributed by atoms with E-state index in [1.54, 1.807) is 6.07 Å².